The van der Waals surface area contributed by atoms with Crippen LogP contribution in [0.15, 0.2) is 0 Å². The van der Waals surface area contributed by atoms with Crippen molar-refractivity contribution in [1.82, 2.24) is 0 Å². The van der Waals surface area contributed by atoms with Gasteiger partial charge >= 0.3 is 5.97 Å². The highest BCUT2D eigenvalue weighted by atomic mass is 32.2. The molecule has 0 radical (unpaired) electrons. The zero-order valence-corrected chi connectivity index (χ0v) is 16.5. The Bertz CT molecular complexity index is 225. The number of hydrogen-bond donors (Lipinski definition) is 0. The van der Waals surface area contributed by atoms with Crippen LogP contribution in [-0.4, -0.2) is 47.1 Å². The van der Waals surface area contributed by atoms with Crippen molar-refractivity contribution < 1.29 is 19.1 Å². The number of ether oxygens (including phenoxy) is 2. The molecule has 4 nitrogen and oxygen atoms in total. The lowest BCUT2D eigenvalue weighted by Crippen LogP contribution is -1.88. The minimum atomic E-state index is -0.245. The lowest BCUT2D eigenvalue weighted by Gasteiger charge is -1.85. The van der Waals surface area contributed by atoms with Gasteiger partial charge in [0.15, 0.2) is 10.2 Å². The molecule has 0 fully saturated rings. The summed E-state index contributed by atoms with van der Waals surface area (Å²) in [5.74, 6) is -0.245. The van der Waals surface area contributed by atoms with E-state index in [1.54, 1.807) is 39.0 Å². The van der Waals surface area contributed by atoms with E-state index >= 15 is 0 Å². The SMILES string of the molecule is C.COC(C)=O.COC(C)=S.CSC(C)=O.CSC(C)=S. The number of carbonyl (C=O) groups is 2. The Morgan fingerprint density at radius 3 is 1.05 bits per heavy atom. The molecule has 0 aromatic heterocycles. The molecular formula is C13H28O4S4. The lowest BCUT2D eigenvalue weighted by atomic mass is 10.8. The Kier molecular flexibility index (Phi) is 43.7. The van der Waals surface area contributed by atoms with Crippen LogP contribution in [0, 0.1) is 0 Å². The Balaban J connectivity index is -0.0000000533. The smallest absolute Gasteiger partial charge is 0.302 e. The number of rotatable bonds is 0. The van der Waals surface area contributed by atoms with Gasteiger partial charge in [-0.1, -0.05) is 31.4 Å². The van der Waals surface area contributed by atoms with Crippen molar-refractivity contribution in [3.63, 3.8) is 0 Å². The number of carbonyl (C=O) groups excluding carboxylic acids is 2. The van der Waals surface area contributed by atoms with Gasteiger partial charge in [0.1, 0.15) is 0 Å². The molecular weight excluding hydrogens is 348 g/mol. The van der Waals surface area contributed by atoms with E-state index in [-0.39, 0.29) is 18.5 Å². The second-order valence-corrected chi connectivity index (χ2v) is 6.23. The van der Waals surface area contributed by atoms with E-state index in [1.165, 1.54) is 25.8 Å². The largest absolute Gasteiger partial charge is 0.491 e. The molecule has 0 spiro atoms. The minimum absolute atomic E-state index is 0. The topological polar surface area (TPSA) is 52.6 Å². The van der Waals surface area contributed by atoms with E-state index in [2.05, 4.69) is 33.9 Å². The van der Waals surface area contributed by atoms with Gasteiger partial charge in [-0.15, -0.1) is 11.8 Å². The summed E-state index contributed by atoms with van der Waals surface area (Å²) in [5.41, 5.74) is 0. The van der Waals surface area contributed by atoms with Crippen LogP contribution in [0.4, 0.5) is 0 Å². The summed E-state index contributed by atoms with van der Waals surface area (Å²) in [7, 11) is 2.91. The van der Waals surface area contributed by atoms with Crippen LogP contribution in [0.25, 0.3) is 0 Å². The first-order valence-corrected chi connectivity index (χ1v) is 8.53. The molecule has 0 heterocycles. The third-order valence-electron chi connectivity index (χ3n) is 1.15. The van der Waals surface area contributed by atoms with Gasteiger partial charge in [0.05, 0.1) is 14.2 Å². The summed E-state index contributed by atoms with van der Waals surface area (Å²) in [5, 5.41) is 0.759. The first-order chi connectivity index (χ1) is 9.08. The highest BCUT2D eigenvalue weighted by Crippen LogP contribution is 1.92. The summed E-state index contributed by atoms with van der Waals surface area (Å²) in [6.07, 6.45) is 3.74. The summed E-state index contributed by atoms with van der Waals surface area (Å²) in [6, 6.07) is 0. The fraction of sp³-hybridized carbons (Fsp3) is 0.692. The predicted molar refractivity (Wildman–Crippen MR) is 106 cm³/mol. The van der Waals surface area contributed by atoms with E-state index in [1.807, 2.05) is 13.2 Å². The zero-order valence-electron chi connectivity index (χ0n) is 13.3. The van der Waals surface area contributed by atoms with Crippen molar-refractivity contribution in [2.45, 2.75) is 35.1 Å². The van der Waals surface area contributed by atoms with Crippen molar-refractivity contribution in [3.8, 4) is 0 Å². The molecule has 0 aliphatic rings. The molecule has 0 aliphatic carbocycles. The van der Waals surface area contributed by atoms with Gasteiger partial charge in [0, 0.05) is 25.0 Å². The van der Waals surface area contributed by atoms with Gasteiger partial charge in [-0.2, -0.15) is 0 Å². The van der Waals surface area contributed by atoms with E-state index in [0.717, 1.165) is 4.20 Å². The standard InChI is InChI=1S/C3H6O2.2C3H6OS.C3H6S2.CH4/c2*1-3(4)5-2;1-3(5)4-2;1-3(4)5-2;/h4*1-2H3;1H4. The third kappa shape index (κ3) is 103. The van der Waals surface area contributed by atoms with Gasteiger partial charge in [-0.3, -0.25) is 9.59 Å². The molecule has 0 unspecified atom stereocenters. The first kappa shape index (κ1) is 32.7. The van der Waals surface area contributed by atoms with Crippen LogP contribution in [0.5, 0.6) is 0 Å². The van der Waals surface area contributed by atoms with Gasteiger partial charge in [-0.25, -0.2) is 0 Å². The van der Waals surface area contributed by atoms with Crippen molar-refractivity contribution >= 4 is 68.3 Å². The highest BCUT2D eigenvalue weighted by Gasteiger charge is 1.77. The average Bonchev–Trinajstić information content (AvgIpc) is 2.40. The maximum absolute atomic E-state index is 9.78. The maximum Gasteiger partial charge on any atom is 0.302 e. The molecule has 0 amide bonds. The van der Waals surface area contributed by atoms with E-state index in [4.69, 9.17) is 0 Å². The van der Waals surface area contributed by atoms with Gasteiger partial charge < -0.3 is 9.47 Å². The number of thiocarbonyl (C=S) groups is 2. The zero-order chi connectivity index (χ0) is 17.1. The summed E-state index contributed by atoms with van der Waals surface area (Å²) in [6.45, 7) is 6.56. The van der Waals surface area contributed by atoms with Crippen LogP contribution in [0.3, 0.4) is 0 Å². The lowest BCUT2D eigenvalue weighted by molar-refractivity contribution is -0.137. The Morgan fingerprint density at radius 2 is 1.05 bits per heavy atom. The van der Waals surface area contributed by atoms with Gasteiger partial charge in [0.2, 0.25) is 0 Å². The van der Waals surface area contributed by atoms with Crippen LogP contribution < -0.4 is 0 Å². The van der Waals surface area contributed by atoms with E-state index in [0.29, 0.717) is 5.05 Å². The quantitative estimate of drug-likeness (QED) is 0.456. The molecule has 0 saturated heterocycles. The first-order valence-electron chi connectivity index (χ1n) is 5.27. The van der Waals surface area contributed by atoms with Gasteiger partial charge in [-0.05, 0) is 31.7 Å². The Labute approximate surface area is 149 Å². The normalized spacial score (nSPS) is 6.86. The minimum Gasteiger partial charge on any atom is -0.491 e. The summed E-state index contributed by atoms with van der Waals surface area (Å²) in [4.78, 5) is 19.4. The highest BCUT2D eigenvalue weighted by molar-refractivity contribution is 8.22. The fourth-order valence-corrected chi connectivity index (χ4v) is 0. The van der Waals surface area contributed by atoms with E-state index in [9.17, 15) is 9.59 Å². The number of thioether (sulfide) groups is 2. The van der Waals surface area contributed by atoms with Crippen LogP contribution in [0.1, 0.15) is 35.1 Å². The summed E-state index contributed by atoms with van der Waals surface area (Å²) < 4.78 is 9.60. The van der Waals surface area contributed by atoms with Crippen molar-refractivity contribution in [2.24, 2.45) is 0 Å². The van der Waals surface area contributed by atoms with E-state index < -0.39 is 0 Å². The summed E-state index contributed by atoms with van der Waals surface area (Å²) >= 11 is 12.0. The number of hydrogen-bond acceptors (Lipinski definition) is 8. The Morgan fingerprint density at radius 1 is 0.857 bits per heavy atom. The van der Waals surface area contributed by atoms with Crippen molar-refractivity contribution in [3.05, 3.63) is 0 Å². The molecule has 128 valence electrons. The van der Waals surface area contributed by atoms with Crippen molar-refractivity contribution in [2.75, 3.05) is 26.7 Å². The molecule has 8 heteroatoms. The average molecular weight is 377 g/mol. The van der Waals surface area contributed by atoms with Gasteiger partial charge in [0.25, 0.3) is 0 Å². The molecule has 0 aromatic rings. The Hall–Kier alpha value is -0.180. The molecule has 21 heavy (non-hydrogen) atoms. The fourth-order valence-electron chi connectivity index (χ4n) is 0. The van der Waals surface area contributed by atoms with Crippen LogP contribution >= 0.6 is 48.0 Å². The molecule has 0 N–H and O–H groups in total. The molecule has 0 atom stereocenters. The van der Waals surface area contributed by atoms with Crippen LogP contribution in [-0.2, 0) is 19.1 Å². The molecule has 0 rings (SSSR count). The second kappa shape index (κ2) is 28.0. The molecule has 0 aliphatic heterocycles. The maximum atomic E-state index is 9.78. The molecule has 0 saturated carbocycles. The molecule has 0 bridgehead atoms. The monoisotopic (exact) mass is 376 g/mol. The third-order valence-corrected chi connectivity index (χ3v) is 2.97. The number of esters is 1. The molecule has 0 aromatic carbocycles. The predicted octanol–water partition coefficient (Wildman–Crippen LogP) is 4.39. The number of methoxy groups -OCH3 is 2. The second-order valence-electron chi connectivity index (χ2n) is 2.78. The van der Waals surface area contributed by atoms with Crippen LogP contribution in [0.2, 0.25) is 0 Å². The van der Waals surface area contributed by atoms with Crippen molar-refractivity contribution in [1.29, 1.82) is 0 Å².